The van der Waals surface area contributed by atoms with Crippen LogP contribution in [0, 0.1) is 40.4 Å². The highest BCUT2D eigenvalue weighted by Crippen LogP contribution is 2.66. The summed E-state index contributed by atoms with van der Waals surface area (Å²) in [7, 11) is 1.67. The van der Waals surface area contributed by atoms with Crippen molar-refractivity contribution in [2.45, 2.75) is 77.9 Å². The van der Waals surface area contributed by atoms with Gasteiger partial charge in [0.05, 0.1) is 12.2 Å². The monoisotopic (exact) mass is 392 g/mol. The normalized spacial score (nSPS) is 49.0. The van der Waals surface area contributed by atoms with Crippen LogP contribution in [0.25, 0.3) is 0 Å². The molecule has 4 rings (SSSR count). The van der Waals surface area contributed by atoms with E-state index in [1.54, 1.807) is 12.7 Å². The van der Waals surface area contributed by atoms with Crippen molar-refractivity contribution in [2.24, 2.45) is 40.4 Å². The lowest BCUT2D eigenvalue weighted by molar-refractivity contribution is -0.133. The molecule has 2 N–H and O–H groups in total. The Morgan fingerprint density at radius 3 is 2.54 bits per heavy atom. The Kier molecular flexibility index (Phi) is 5.72. The summed E-state index contributed by atoms with van der Waals surface area (Å²) < 4.78 is 11.0. The summed E-state index contributed by atoms with van der Waals surface area (Å²) in [5, 5.41) is 21.0. The number of rotatable bonds is 5. The Hall–Kier alpha value is -0.420. The molecule has 0 aliphatic heterocycles. The van der Waals surface area contributed by atoms with Gasteiger partial charge in [-0.05, 0) is 85.4 Å². The average molecular weight is 393 g/mol. The first kappa shape index (κ1) is 20.8. The molecule has 4 aliphatic rings. The van der Waals surface area contributed by atoms with Gasteiger partial charge in [0, 0.05) is 13.7 Å². The van der Waals surface area contributed by atoms with Crippen LogP contribution in [0.3, 0.4) is 0 Å². The van der Waals surface area contributed by atoms with Gasteiger partial charge < -0.3 is 19.7 Å². The maximum atomic E-state index is 11.2. The van der Waals surface area contributed by atoms with E-state index < -0.39 is 0 Å². The van der Waals surface area contributed by atoms with Crippen LogP contribution in [-0.2, 0) is 9.47 Å². The largest absolute Gasteiger partial charge is 0.396 e. The molecule has 3 saturated carbocycles. The second-order valence-corrected chi connectivity index (χ2v) is 10.7. The van der Waals surface area contributed by atoms with E-state index in [1.165, 1.54) is 25.7 Å². The van der Waals surface area contributed by atoms with E-state index in [2.05, 4.69) is 26.8 Å². The molecule has 4 aliphatic carbocycles. The molecule has 0 aromatic carbocycles. The number of ether oxygens (including phenoxy) is 2. The van der Waals surface area contributed by atoms with Crippen LogP contribution < -0.4 is 0 Å². The van der Waals surface area contributed by atoms with E-state index in [9.17, 15) is 10.2 Å². The topological polar surface area (TPSA) is 58.9 Å². The molecule has 0 heterocycles. The van der Waals surface area contributed by atoms with Gasteiger partial charge >= 0.3 is 0 Å². The van der Waals surface area contributed by atoms with Gasteiger partial charge in [0.25, 0.3) is 0 Å². The summed E-state index contributed by atoms with van der Waals surface area (Å²) in [6.07, 6.45) is 10.2. The van der Waals surface area contributed by atoms with Crippen molar-refractivity contribution in [3.05, 3.63) is 11.6 Å². The number of fused-ring (bicyclic) bond motifs is 5. The van der Waals surface area contributed by atoms with Crippen LogP contribution in [0.15, 0.2) is 11.6 Å². The molecule has 0 bridgehead atoms. The fourth-order valence-electron chi connectivity index (χ4n) is 7.96. The molecule has 0 amide bonds. The van der Waals surface area contributed by atoms with Crippen LogP contribution in [0.1, 0.15) is 65.7 Å². The van der Waals surface area contributed by atoms with Gasteiger partial charge in [-0.3, -0.25) is 0 Å². The molecule has 0 radical (unpaired) electrons. The molecule has 0 aromatic heterocycles. The molecule has 160 valence electrons. The standard InChI is InChI=1S/C24H40O4/c1-15(13-25)18-5-6-19-17-12-22(26)21-11-16(28-14-27-4)7-9-24(21,3)20(17)8-10-23(18,19)2/h12,15-16,18-22,25-26H,5-11,13-14H2,1-4H3/t15?,16?,18-,19+,20+,21?,22?,23-,24-/m1/s1. The van der Waals surface area contributed by atoms with Crippen molar-refractivity contribution in [2.75, 3.05) is 20.5 Å². The smallest absolute Gasteiger partial charge is 0.146 e. The molecule has 0 aromatic rings. The Bertz CT molecular complexity index is 603. The Labute approximate surface area is 170 Å². The number of allylic oxidation sites excluding steroid dienone is 1. The van der Waals surface area contributed by atoms with Gasteiger partial charge in [0.15, 0.2) is 0 Å². The molecule has 0 spiro atoms. The first-order valence-electron chi connectivity index (χ1n) is 11.5. The van der Waals surface area contributed by atoms with Crippen LogP contribution >= 0.6 is 0 Å². The van der Waals surface area contributed by atoms with E-state index in [4.69, 9.17) is 9.47 Å². The van der Waals surface area contributed by atoms with Crippen LogP contribution in [0.4, 0.5) is 0 Å². The Morgan fingerprint density at radius 2 is 1.82 bits per heavy atom. The summed E-state index contributed by atoms with van der Waals surface area (Å²) in [6.45, 7) is 7.76. The first-order valence-corrected chi connectivity index (χ1v) is 11.5. The van der Waals surface area contributed by atoms with Crippen molar-refractivity contribution in [3.63, 3.8) is 0 Å². The maximum absolute atomic E-state index is 11.2. The molecule has 4 heteroatoms. The minimum Gasteiger partial charge on any atom is -0.396 e. The minimum atomic E-state index is -0.359. The minimum absolute atomic E-state index is 0.179. The fourth-order valence-corrected chi connectivity index (χ4v) is 7.96. The summed E-state index contributed by atoms with van der Waals surface area (Å²) in [4.78, 5) is 0. The zero-order chi connectivity index (χ0) is 20.1. The number of aliphatic hydroxyl groups excluding tert-OH is 2. The third-order valence-corrected chi connectivity index (χ3v) is 9.52. The van der Waals surface area contributed by atoms with Crippen LogP contribution in [-0.4, -0.2) is 42.9 Å². The second kappa shape index (κ2) is 7.68. The molecular weight excluding hydrogens is 352 g/mol. The number of hydrogen-bond donors (Lipinski definition) is 2. The van der Waals surface area contributed by atoms with E-state index in [1.807, 2.05) is 0 Å². The predicted molar refractivity (Wildman–Crippen MR) is 110 cm³/mol. The van der Waals surface area contributed by atoms with Crippen molar-refractivity contribution in [3.8, 4) is 0 Å². The van der Waals surface area contributed by atoms with Crippen LogP contribution in [0.2, 0.25) is 0 Å². The van der Waals surface area contributed by atoms with Crippen molar-refractivity contribution < 1.29 is 19.7 Å². The van der Waals surface area contributed by atoms with E-state index in [-0.39, 0.29) is 29.0 Å². The third-order valence-electron chi connectivity index (χ3n) is 9.52. The average Bonchev–Trinajstić information content (AvgIpc) is 3.04. The molecule has 4 nitrogen and oxygen atoms in total. The summed E-state index contributed by atoms with van der Waals surface area (Å²) in [6, 6.07) is 0. The summed E-state index contributed by atoms with van der Waals surface area (Å²) in [5.41, 5.74) is 2.02. The lowest BCUT2D eigenvalue weighted by Gasteiger charge is -2.59. The molecular formula is C24H40O4. The fraction of sp³-hybridized carbons (Fsp3) is 0.917. The van der Waals surface area contributed by atoms with Gasteiger partial charge in [-0.2, -0.15) is 0 Å². The highest BCUT2D eigenvalue weighted by molar-refractivity contribution is 5.29. The lowest BCUT2D eigenvalue weighted by Crippen LogP contribution is -2.54. The van der Waals surface area contributed by atoms with E-state index >= 15 is 0 Å². The lowest BCUT2D eigenvalue weighted by atomic mass is 9.47. The van der Waals surface area contributed by atoms with Gasteiger partial charge in [-0.25, -0.2) is 0 Å². The SMILES string of the molecule is COCOC1CC[C@@]2(C)C(C1)C(O)C=C1[C@@H]3CC[C@H](C(C)CO)[C@@]3(C)CC[C@@H]12. The maximum Gasteiger partial charge on any atom is 0.146 e. The molecule has 3 fully saturated rings. The Morgan fingerprint density at radius 1 is 1.11 bits per heavy atom. The van der Waals surface area contributed by atoms with E-state index in [0.717, 1.165) is 19.3 Å². The van der Waals surface area contributed by atoms with Gasteiger partial charge in [-0.15, -0.1) is 0 Å². The van der Waals surface area contributed by atoms with Crippen molar-refractivity contribution in [1.82, 2.24) is 0 Å². The second-order valence-electron chi connectivity index (χ2n) is 10.7. The summed E-state index contributed by atoms with van der Waals surface area (Å²) >= 11 is 0. The number of methoxy groups -OCH3 is 1. The quantitative estimate of drug-likeness (QED) is 0.545. The highest BCUT2D eigenvalue weighted by Gasteiger charge is 2.59. The highest BCUT2D eigenvalue weighted by atomic mass is 16.7. The molecule has 9 atom stereocenters. The van der Waals surface area contributed by atoms with Gasteiger partial charge in [-0.1, -0.05) is 32.4 Å². The molecule has 0 saturated heterocycles. The number of hydrogen-bond acceptors (Lipinski definition) is 4. The zero-order valence-corrected chi connectivity index (χ0v) is 18.2. The zero-order valence-electron chi connectivity index (χ0n) is 18.2. The predicted octanol–water partition coefficient (Wildman–Crippen LogP) is 4.15. The third kappa shape index (κ3) is 3.10. The van der Waals surface area contributed by atoms with Gasteiger partial charge in [0.2, 0.25) is 0 Å². The van der Waals surface area contributed by atoms with Crippen LogP contribution in [0.5, 0.6) is 0 Å². The van der Waals surface area contributed by atoms with Crippen molar-refractivity contribution in [1.29, 1.82) is 0 Å². The first-order chi connectivity index (χ1) is 13.3. The summed E-state index contributed by atoms with van der Waals surface area (Å²) in [5.74, 6) is 2.45. The Balaban J connectivity index is 1.60. The molecule has 28 heavy (non-hydrogen) atoms. The van der Waals surface area contributed by atoms with Crippen molar-refractivity contribution >= 4 is 0 Å². The van der Waals surface area contributed by atoms with Gasteiger partial charge in [0.1, 0.15) is 6.79 Å². The number of aliphatic hydroxyl groups is 2. The molecule has 4 unspecified atom stereocenters. The van der Waals surface area contributed by atoms with E-state index in [0.29, 0.717) is 37.1 Å².